The van der Waals surface area contributed by atoms with Gasteiger partial charge in [-0.05, 0) is 31.5 Å². The number of nitrogens with zero attached hydrogens (tertiary/aromatic N) is 4. The van der Waals surface area contributed by atoms with Crippen LogP contribution in [0.1, 0.15) is 25.2 Å². The summed E-state index contributed by atoms with van der Waals surface area (Å²) in [7, 11) is 1.72. The van der Waals surface area contributed by atoms with Gasteiger partial charge < -0.3 is 9.30 Å². The molecule has 1 aliphatic rings. The van der Waals surface area contributed by atoms with Gasteiger partial charge in [-0.1, -0.05) is 12.1 Å². The van der Waals surface area contributed by atoms with E-state index in [1.165, 1.54) is 11.4 Å². The van der Waals surface area contributed by atoms with Gasteiger partial charge in [-0.3, -0.25) is 9.80 Å². The molecule has 0 spiro atoms. The molecule has 1 aromatic heterocycles. The SMILES string of the molecule is CCn1ccnc1CN1CCN(Cc2cccc(OC)c2)C[C@H]1C. The van der Waals surface area contributed by atoms with E-state index < -0.39 is 0 Å². The van der Waals surface area contributed by atoms with Crippen molar-refractivity contribution in [3.05, 3.63) is 48.0 Å². The van der Waals surface area contributed by atoms with Crippen molar-refractivity contribution in [1.82, 2.24) is 19.4 Å². The Bertz CT molecular complexity index is 654. The lowest BCUT2D eigenvalue weighted by atomic mass is 10.1. The molecule has 1 atom stereocenters. The van der Waals surface area contributed by atoms with Gasteiger partial charge in [0, 0.05) is 51.2 Å². The highest BCUT2D eigenvalue weighted by Gasteiger charge is 2.24. The van der Waals surface area contributed by atoms with Gasteiger partial charge in [-0.15, -0.1) is 0 Å². The molecule has 0 amide bonds. The predicted molar refractivity (Wildman–Crippen MR) is 96.0 cm³/mol. The quantitative estimate of drug-likeness (QED) is 0.816. The molecule has 2 heterocycles. The minimum Gasteiger partial charge on any atom is -0.497 e. The monoisotopic (exact) mass is 328 g/mol. The summed E-state index contributed by atoms with van der Waals surface area (Å²) < 4.78 is 7.56. The van der Waals surface area contributed by atoms with Crippen molar-refractivity contribution in [3.8, 4) is 5.75 Å². The Morgan fingerprint density at radius 3 is 2.88 bits per heavy atom. The minimum absolute atomic E-state index is 0.534. The van der Waals surface area contributed by atoms with Gasteiger partial charge in [0.25, 0.3) is 0 Å². The van der Waals surface area contributed by atoms with Crippen molar-refractivity contribution in [3.63, 3.8) is 0 Å². The number of hydrogen-bond acceptors (Lipinski definition) is 4. The fourth-order valence-electron chi connectivity index (χ4n) is 3.44. The number of imidazole rings is 1. The van der Waals surface area contributed by atoms with Crippen LogP contribution in [0.4, 0.5) is 0 Å². The van der Waals surface area contributed by atoms with Gasteiger partial charge in [-0.2, -0.15) is 0 Å². The first-order valence-corrected chi connectivity index (χ1v) is 8.79. The van der Waals surface area contributed by atoms with Crippen LogP contribution in [-0.4, -0.2) is 52.1 Å². The summed E-state index contributed by atoms with van der Waals surface area (Å²) in [4.78, 5) is 9.58. The fraction of sp³-hybridized carbons (Fsp3) is 0.526. The highest BCUT2D eigenvalue weighted by molar-refractivity contribution is 5.28. The Morgan fingerprint density at radius 2 is 2.12 bits per heavy atom. The molecule has 0 radical (unpaired) electrons. The first-order valence-electron chi connectivity index (χ1n) is 8.79. The van der Waals surface area contributed by atoms with Crippen LogP contribution in [0.5, 0.6) is 5.75 Å². The number of hydrogen-bond donors (Lipinski definition) is 0. The normalized spacial score (nSPS) is 19.5. The number of benzene rings is 1. The van der Waals surface area contributed by atoms with E-state index in [-0.39, 0.29) is 0 Å². The molecule has 1 aliphatic heterocycles. The average Bonchev–Trinajstić information content (AvgIpc) is 3.05. The van der Waals surface area contributed by atoms with Crippen molar-refractivity contribution in [2.45, 2.75) is 39.5 Å². The maximum Gasteiger partial charge on any atom is 0.122 e. The molecule has 0 saturated carbocycles. The minimum atomic E-state index is 0.534. The smallest absolute Gasteiger partial charge is 0.122 e. The van der Waals surface area contributed by atoms with Crippen LogP contribution in [0.25, 0.3) is 0 Å². The molecule has 5 heteroatoms. The van der Waals surface area contributed by atoms with Gasteiger partial charge in [0.05, 0.1) is 13.7 Å². The van der Waals surface area contributed by atoms with Crippen LogP contribution in [0.3, 0.4) is 0 Å². The highest BCUT2D eigenvalue weighted by atomic mass is 16.5. The summed E-state index contributed by atoms with van der Waals surface area (Å²) in [5.74, 6) is 2.11. The van der Waals surface area contributed by atoms with E-state index in [0.717, 1.165) is 45.0 Å². The van der Waals surface area contributed by atoms with Crippen LogP contribution < -0.4 is 4.74 Å². The van der Waals surface area contributed by atoms with E-state index >= 15 is 0 Å². The average molecular weight is 328 g/mol. The summed E-state index contributed by atoms with van der Waals surface area (Å²) in [6.07, 6.45) is 3.97. The molecular weight excluding hydrogens is 300 g/mol. The first-order chi connectivity index (χ1) is 11.7. The molecule has 1 saturated heterocycles. The van der Waals surface area contributed by atoms with Crippen molar-refractivity contribution in [2.24, 2.45) is 0 Å². The molecule has 0 unspecified atom stereocenters. The van der Waals surface area contributed by atoms with Gasteiger partial charge >= 0.3 is 0 Å². The molecule has 1 fully saturated rings. The summed E-state index contributed by atoms with van der Waals surface area (Å²) >= 11 is 0. The Kier molecular flexibility index (Phi) is 5.53. The highest BCUT2D eigenvalue weighted by Crippen LogP contribution is 2.18. The van der Waals surface area contributed by atoms with Crippen molar-refractivity contribution < 1.29 is 4.74 Å². The van der Waals surface area contributed by atoms with Crippen LogP contribution in [0.2, 0.25) is 0 Å². The molecule has 0 aliphatic carbocycles. The topological polar surface area (TPSA) is 33.5 Å². The van der Waals surface area contributed by atoms with Crippen molar-refractivity contribution in [2.75, 3.05) is 26.7 Å². The summed E-state index contributed by atoms with van der Waals surface area (Å²) in [6.45, 7) is 10.7. The summed E-state index contributed by atoms with van der Waals surface area (Å²) in [6, 6.07) is 8.91. The maximum absolute atomic E-state index is 5.33. The molecule has 1 aromatic carbocycles. The number of ether oxygens (including phenoxy) is 1. The van der Waals surface area contributed by atoms with Crippen LogP contribution in [0.15, 0.2) is 36.7 Å². The Hall–Kier alpha value is -1.85. The van der Waals surface area contributed by atoms with E-state index in [9.17, 15) is 0 Å². The lowest BCUT2D eigenvalue weighted by molar-refractivity contribution is 0.0705. The molecule has 130 valence electrons. The zero-order valence-corrected chi connectivity index (χ0v) is 15.0. The van der Waals surface area contributed by atoms with Gasteiger partial charge in [0.2, 0.25) is 0 Å². The van der Waals surface area contributed by atoms with E-state index in [1.807, 2.05) is 12.3 Å². The van der Waals surface area contributed by atoms with Crippen LogP contribution in [0, 0.1) is 0 Å². The second-order valence-electron chi connectivity index (χ2n) is 6.54. The molecule has 0 bridgehead atoms. The fourth-order valence-corrected chi connectivity index (χ4v) is 3.44. The van der Waals surface area contributed by atoms with Gasteiger partial charge in [-0.25, -0.2) is 4.98 Å². The third-order valence-electron chi connectivity index (χ3n) is 4.88. The largest absolute Gasteiger partial charge is 0.497 e. The number of aryl methyl sites for hydroxylation is 1. The zero-order valence-electron chi connectivity index (χ0n) is 15.0. The first kappa shape index (κ1) is 17.0. The summed E-state index contributed by atoms with van der Waals surface area (Å²) in [5.41, 5.74) is 1.32. The lowest BCUT2D eigenvalue weighted by Gasteiger charge is -2.39. The number of piperazine rings is 1. The van der Waals surface area contributed by atoms with Crippen molar-refractivity contribution in [1.29, 1.82) is 0 Å². The third kappa shape index (κ3) is 3.97. The summed E-state index contributed by atoms with van der Waals surface area (Å²) in [5, 5.41) is 0. The zero-order chi connectivity index (χ0) is 16.9. The second kappa shape index (κ2) is 7.81. The molecule has 0 N–H and O–H groups in total. The van der Waals surface area contributed by atoms with E-state index in [0.29, 0.717) is 6.04 Å². The number of aromatic nitrogens is 2. The van der Waals surface area contributed by atoms with Gasteiger partial charge in [0.1, 0.15) is 11.6 Å². The lowest BCUT2D eigenvalue weighted by Crippen LogP contribution is -2.51. The molecule has 24 heavy (non-hydrogen) atoms. The van der Waals surface area contributed by atoms with Gasteiger partial charge in [0.15, 0.2) is 0 Å². The third-order valence-corrected chi connectivity index (χ3v) is 4.88. The molecule has 2 aromatic rings. The van der Waals surface area contributed by atoms with Crippen LogP contribution >= 0.6 is 0 Å². The molecular formula is C19H28N4O. The van der Waals surface area contributed by atoms with Crippen molar-refractivity contribution >= 4 is 0 Å². The Labute approximate surface area is 144 Å². The standard InChI is InChI=1S/C19H28N4O/c1-4-22-9-8-20-19(22)15-23-11-10-21(13-16(23)2)14-17-6-5-7-18(12-17)24-3/h5-9,12,16H,4,10-11,13-15H2,1-3H3/t16-/m1/s1. The number of methoxy groups -OCH3 is 1. The van der Waals surface area contributed by atoms with E-state index in [4.69, 9.17) is 4.74 Å². The van der Waals surface area contributed by atoms with E-state index in [2.05, 4.69) is 57.6 Å². The predicted octanol–water partition coefficient (Wildman–Crippen LogP) is 2.62. The van der Waals surface area contributed by atoms with Crippen LogP contribution in [-0.2, 0) is 19.6 Å². The Balaban J connectivity index is 1.56. The van der Waals surface area contributed by atoms with E-state index in [1.54, 1.807) is 7.11 Å². The maximum atomic E-state index is 5.33. The molecule has 3 rings (SSSR count). The molecule has 5 nitrogen and oxygen atoms in total. The second-order valence-corrected chi connectivity index (χ2v) is 6.54. The number of rotatable bonds is 6. The Morgan fingerprint density at radius 1 is 1.25 bits per heavy atom.